The Balaban J connectivity index is 2.49. The number of hydrogen-bond donors (Lipinski definition) is 1. The number of nitrogen functional groups attached to an aromatic ring is 1. The minimum absolute atomic E-state index is 0.436. The maximum Gasteiger partial charge on any atom is 0.483 e. The fraction of sp³-hybridized carbons (Fsp3) is 0.333. The standard InChI is InChI=1S/C9H15NO3Si/c1-11-14(12-2)13-7-8-5-3-4-6-9(8)10/h3-6,14H,7,10H2,1-2H3. The molecule has 78 valence electrons. The summed E-state index contributed by atoms with van der Waals surface area (Å²) in [6.45, 7) is 0.436. The lowest BCUT2D eigenvalue weighted by molar-refractivity contribution is 0.128. The predicted molar refractivity (Wildman–Crippen MR) is 56.8 cm³/mol. The Labute approximate surface area is 85.6 Å². The molecule has 0 atom stereocenters. The van der Waals surface area contributed by atoms with Gasteiger partial charge in [-0.1, -0.05) is 18.2 Å². The van der Waals surface area contributed by atoms with Crippen LogP contribution < -0.4 is 5.73 Å². The van der Waals surface area contributed by atoms with Gasteiger partial charge in [0, 0.05) is 19.9 Å². The van der Waals surface area contributed by atoms with Gasteiger partial charge in [0.1, 0.15) is 0 Å². The van der Waals surface area contributed by atoms with E-state index in [4.69, 9.17) is 19.0 Å². The first-order valence-corrected chi connectivity index (χ1v) is 5.70. The number of nitrogens with two attached hydrogens (primary N) is 1. The third-order valence-electron chi connectivity index (χ3n) is 1.81. The summed E-state index contributed by atoms with van der Waals surface area (Å²) in [5.74, 6) is 0. The maximum absolute atomic E-state index is 5.74. The monoisotopic (exact) mass is 213 g/mol. The summed E-state index contributed by atoms with van der Waals surface area (Å²) in [5, 5.41) is 0. The first-order valence-electron chi connectivity index (χ1n) is 4.28. The van der Waals surface area contributed by atoms with Crippen molar-refractivity contribution < 1.29 is 13.3 Å². The van der Waals surface area contributed by atoms with Crippen LogP contribution in [0.3, 0.4) is 0 Å². The molecular weight excluding hydrogens is 198 g/mol. The molecule has 0 spiro atoms. The zero-order valence-corrected chi connectivity index (χ0v) is 9.55. The molecule has 1 aromatic rings. The van der Waals surface area contributed by atoms with Gasteiger partial charge in [-0.15, -0.1) is 0 Å². The SMILES string of the molecule is CO[SiH](OC)OCc1ccccc1N. The molecule has 1 aromatic carbocycles. The molecule has 14 heavy (non-hydrogen) atoms. The van der Waals surface area contributed by atoms with Crippen LogP contribution in [0.25, 0.3) is 0 Å². The Morgan fingerprint density at radius 1 is 1.21 bits per heavy atom. The number of benzene rings is 1. The fourth-order valence-electron chi connectivity index (χ4n) is 1.06. The van der Waals surface area contributed by atoms with Gasteiger partial charge in [-0.05, 0) is 11.6 Å². The Morgan fingerprint density at radius 3 is 2.43 bits per heavy atom. The van der Waals surface area contributed by atoms with Crippen LogP contribution in [0.15, 0.2) is 24.3 Å². The zero-order chi connectivity index (χ0) is 10.4. The van der Waals surface area contributed by atoms with Gasteiger partial charge in [0.25, 0.3) is 0 Å². The third kappa shape index (κ3) is 3.11. The smallest absolute Gasteiger partial charge is 0.398 e. The zero-order valence-electron chi connectivity index (χ0n) is 8.40. The van der Waals surface area contributed by atoms with Crippen molar-refractivity contribution in [2.24, 2.45) is 0 Å². The summed E-state index contributed by atoms with van der Waals surface area (Å²) >= 11 is 0. The van der Waals surface area contributed by atoms with Gasteiger partial charge in [0.15, 0.2) is 0 Å². The summed E-state index contributed by atoms with van der Waals surface area (Å²) < 4.78 is 15.5. The average molecular weight is 213 g/mol. The van der Waals surface area contributed by atoms with E-state index < -0.39 is 9.53 Å². The molecule has 1 rings (SSSR count). The number of hydrogen-bond acceptors (Lipinski definition) is 4. The molecule has 0 aliphatic heterocycles. The van der Waals surface area contributed by atoms with Crippen LogP contribution in [0, 0.1) is 0 Å². The van der Waals surface area contributed by atoms with E-state index in [9.17, 15) is 0 Å². The average Bonchev–Trinajstić information content (AvgIpc) is 2.22. The van der Waals surface area contributed by atoms with Gasteiger partial charge < -0.3 is 19.0 Å². The molecule has 0 radical (unpaired) electrons. The highest BCUT2D eigenvalue weighted by Gasteiger charge is 2.11. The Bertz CT molecular complexity index is 279. The van der Waals surface area contributed by atoms with Crippen LogP contribution >= 0.6 is 0 Å². The topological polar surface area (TPSA) is 53.7 Å². The first kappa shape index (κ1) is 11.2. The molecule has 0 aromatic heterocycles. The van der Waals surface area contributed by atoms with Gasteiger partial charge in [-0.2, -0.15) is 0 Å². The van der Waals surface area contributed by atoms with E-state index in [1.165, 1.54) is 0 Å². The van der Waals surface area contributed by atoms with Gasteiger partial charge in [-0.25, -0.2) is 0 Å². The third-order valence-corrected chi connectivity index (χ3v) is 3.02. The molecule has 2 N–H and O–H groups in total. The van der Waals surface area contributed by atoms with Gasteiger partial charge in [0.05, 0.1) is 6.61 Å². The second-order valence-corrected chi connectivity index (χ2v) is 4.62. The molecular formula is C9H15NO3Si. The normalized spacial score (nSPS) is 10.8. The van der Waals surface area contributed by atoms with E-state index in [1.54, 1.807) is 14.2 Å². The van der Waals surface area contributed by atoms with Crippen molar-refractivity contribution in [1.82, 2.24) is 0 Å². The summed E-state index contributed by atoms with van der Waals surface area (Å²) in [6.07, 6.45) is 0. The molecule has 0 fully saturated rings. The second kappa shape index (κ2) is 5.76. The fourth-order valence-corrected chi connectivity index (χ4v) is 1.84. The molecule has 0 unspecified atom stereocenters. The minimum Gasteiger partial charge on any atom is -0.398 e. The van der Waals surface area contributed by atoms with E-state index in [1.807, 2.05) is 24.3 Å². The molecule has 0 bridgehead atoms. The van der Waals surface area contributed by atoms with Crippen LogP contribution in [0.1, 0.15) is 5.56 Å². The highest BCUT2D eigenvalue weighted by Crippen LogP contribution is 2.11. The summed E-state index contributed by atoms with van der Waals surface area (Å²) in [6, 6.07) is 7.58. The van der Waals surface area contributed by atoms with Gasteiger partial charge >= 0.3 is 9.53 Å². The van der Waals surface area contributed by atoms with Crippen molar-refractivity contribution in [1.29, 1.82) is 0 Å². The Hall–Kier alpha value is -0.883. The quantitative estimate of drug-likeness (QED) is 0.580. The lowest BCUT2D eigenvalue weighted by atomic mass is 10.2. The van der Waals surface area contributed by atoms with E-state index >= 15 is 0 Å². The van der Waals surface area contributed by atoms with Crippen LogP contribution in [0.4, 0.5) is 5.69 Å². The van der Waals surface area contributed by atoms with Gasteiger partial charge in [-0.3, -0.25) is 0 Å². The molecule has 0 saturated heterocycles. The van der Waals surface area contributed by atoms with Crippen molar-refractivity contribution in [3.8, 4) is 0 Å². The molecule has 0 saturated carbocycles. The summed E-state index contributed by atoms with van der Waals surface area (Å²) in [5.41, 5.74) is 7.43. The van der Waals surface area contributed by atoms with Crippen molar-refractivity contribution in [2.45, 2.75) is 6.61 Å². The van der Waals surface area contributed by atoms with E-state index in [2.05, 4.69) is 0 Å². The van der Waals surface area contributed by atoms with Gasteiger partial charge in [0.2, 0.25) is 0 Å². The highest BCUT2D eigenvalue weighted by atomic mass is 28.3. The summed E-state index contributed by atoms with van der Waals surface area (Å²) in [7, 11) is 1.22. The van der Waals surface area contributed by atoms with Crippen LogP contribution in [0.2, 0.25) is 0 Å². The van der Waals surface area contributed by atoms with E-state index in [0.717, 1.165) is 11.3 Å². The first-order chi connectivity index (χ1) is 6.77. The Morgan fingerprint density at radius 2 is 1.86 bits per heavy atom. The molecule has 0 heterocycles. The largest absolute Gasteiger partial charge is 0.483 e. The summed E-state index contributed by atoms with van der Waals surface area (Å²) in [4.78, 5) is 0. The molecule has 0 amide bonds. The number of anilines is 1. The highest BCUT2D eigenvalue weighted by molar-refractivity contribution is 6.36. The molecule has 5 heteroatoms. The Kier molecular flexibility index (Phi) is 4.61. The van der Waals surface area contributed by atoms with Crippen molar-refractivity contribution in [3.05, 3.63) is 29.8 Å². The molecule has 4 nitrogen and oxygen atoms in total. The van der Waals surface area contributed by atoms with E-state index in [-0.39, 0.29) is 0 Å². The molecule has 0 aliphatic carbocycles. The lowest BCUT2D eigenvalue weighted by Crippen LogP contribution is -2.23. The van der Waals surface area contributed by atoms with E-state index in [0.29, 0.717) is 6.61 Å². The predicted octanol–water partition coefficient (Wildman–Crippen LogP) is 0.795. The van der Waals surface area contributed by atoms with Crippen LogP contribution in [-0.4, -0.2) is 23.7 Å². The van der Waals surface area contributed by atoms with Crippen molar-refractivity contribution >= 4 is 15.2 Å². The molecule has 0 aliphatic rings. The van der Waals surface area contributed by atoms with Crippen LogP contribution in [-0.2, 0) is 19.9 Å². The second-order valence-electron chi connectivity index (χ2n) is 2.77. The minimum atomic E-state index is -1.94. The lowest BCUT2D eigenvalue weighted by Gasteiger charge is -2.12. The van der Waals surface area contributed by atoms with Crippen molar-refractivity contribution in [3.63, 3.8) is 0 Å². The number of rotatable bonds is 5. The van der Waals surface area contributed by atoms with Crippen molar-refractivity contribution in [2.75, 3.05) is 20.0 Å². The van der Waals surface area contributed by atoms with Crippen LogP contribution in [0.5, 0.6) is 0 Å². The maximum atomic E-state index is 5.74. The number of para-hydroxylation sites is 1.